The molecule has 4 nitrogen and oxygen atoms in total. The molecule has 0 spiro atoms. The monoisotopic (exact) mass is 354 g/mol. The fraction of sp³-hybridized carbons (Fsp3) is 0.905. The van der Waals surface area contributed by atoms with E-state index in [1.165, 1.54) is 19.3 Å². The van der Waals surface area contributed by atoms with Crippen molar-refractivity contribution in [3.8, 4) is 0 Å². The first kappa shape index (κ1) is 22.0. The Bertz CT molecular complexity index is 420. The molecule has 1 fully saturated rings. The lowest BCUT2D eigenvalue weighted by Gasteiger charge is -2.42. The third-order valence-electron chi connectivity index (χ3n) is 6.02. The number of carboxylic acids is 1. The fourth-order valence-electron chi connectivity index (χ4n) is 4.26. The smallest absolute Gasteiger partial charge is 0.309 e. The third kappa shape index (κ3) is 6.00. The van der Waals surface area contributed by atoms with Gasteiger partial charge in [-0.1, -0.05) is 60.3 Å². The van der Waals surface area contributed by atoms with Gasteiger partial charge < -0.3 is 9.84 Å². The van der Waals surface area contributed by atoms with Gasteiger partial charge in [0.05, 0.1) is 11.8 Å². The topological polar surface area (TPSA) is 63.6 Å². The Kier molecular flexibility index (Phi) is 8.95. The number of carbonyl (C=O) groups excluding carboxylic acids is 1. The van der Waals surface area contributed by atoms with E-state index in [2.05, 4.69) is 34.6 Å². The van der Waals surface area contributed by atoms with Crippen LogP contribution < -0.4 is 0 Å². The molecule has 0 heterocycles. The Labute approximate surface area is 153 Å². The summed E-state index contributed by atoms with van der Waals surface area (Å²) < 4.78 is 6.18. The Morgan fingerprint density at radius 2 is 1.64 bits per heavy atom. The number of esters is 1. The molecule has 0 aromatic heterocycles. The Morgan fingerprint density at radius 1 is 1.04 bits per heavy atom. The van der Waals surface area contributed by atoms with E-state index in [-0.39, 0.29) is 23.7 Å². The van der Waals surface area contributed by atoms with E-state index in [1.807, 2.05) is 0 Å². The maximum Gasteiger partial charge on any atom is 0.309 e. The van der Waals surface area contributed by atoms with E-state index in [0.29, 0.717) is 12.8 Å². The predicted molar refractivity (Wildman–Crippen MR) is 100 cm³/mol. The lowest BCUT2D eigenvalue weighted by Crippen LogP contribution is -2.47. The van der Waals surface area contributed by atoms with Crippen LogP contribution in [0.2, 0.25) is 0 Å². The Hall–Kier alpha value is -1.06. The van der Waals surface area contributed by atoms with Crippen molar-refractivity contribution in [2.24, 2.45) is 23.7 Å². The number of hydrogen-bond acceptors (Lipinski definition) is 3. The van der Waals surface area contributed by atoms with Crippen LogP contribution in [0.25, 0.3) is 0 Å². The van der Waals surface area contributed by atoms with Gasteiger partial charge in [0, 0.05) is 0 Å². The van der Waals surface area contributed by atoms with E-state index in [0.717, 1.165) is 25.7 Å². The minimum Gasteiger partial charge on any atom is -0.481 e. The standard InChI is InChI=1S/C21H38O4/c1-6-7-8-9-13-21(15(2)3,16(4)5)25-20(24)18-12-10-11-17(14-18)19(22)23/h15-18H,6-14H2,1-5H3,(H,22,23). The number of ether oxygens (including phenoxy) is 1. The summed E-state index contributed by atoms with van der Waals surface area (Å²) in [6.07, 6.45) is 8.18. The molecule has 1 rings (SSSR count). The molecule has 1 saturated carbocycles. The summed E-state index contributed by atoms with van der Waals surface area (Å²) in [7, 11) is 0. The second kappa shape index (κ2) is 10.2. The molecule has 0 amide bonds. The third-order valence-corrected chi connectivity index (χ3v) is 6.02. The molecule has 0 aromatic rings. The molecule has 4 heteroatoms. The van der Waals surface area contributed by atoms with Gasteiger partial charge in [-0.05, 0) is 43.9 Å². The van der Waals surface area contributed by atoms with E-state index >= 15 is 0 Å². The predicted octanol–water partition coefficient (Wildman–Crippen LogP) is 5.44. The molecular weight excluding hydrogens is 316 g/mol. The van der Waals surface area contributed by atoms with Gasteiger partial charge in [0.25, 0.3) is 0 Å². The van der Waals surface area contributed by atoms with Crippen LogP contribution in [-0.4, -0.2) is 22.6 Å². The minimum atomic E-state index is -0.781. The molecule has 25 heavy (non-hydrogen) atoms. The van der Waals surface area contributed by atoms with E-state index < -0.39 is 17.5 Å². The highest BCUT2D eigenvalue weighted by atomic mass is 16.6. The van der Waals surface area contributed by atoms with Crippen molar-refractivity contribution in [2.45, 2.75) is 98.0 Å². The highest BCUT2D eigenvalue weighted by molar-refractivity contribution is 5.76. The Balaban J connectivity index is 2.81. The number of carboxylic acid groups (broad SMARTS) is 1. The minimum absolute atomic E-state index is 0.177. The van der Waals surface area contributed by atoms with Gasteiger partial charge in [0.1, 0.15) is 5.60 Å². The summed E-state index contributed by atoms with van der Waals surface area (Å²) in [5.74, 6) is -1.13. The molecule has 2 atom stereocenters. The highest BCUT2D eigenvalue weighted by Crippen LogP contribution is 2.38. The summed E-state index contributed by atoms with van der Waals surface area (Å²) in [5, 5.41) is 9.26. The lowest BCUT2D eigenvalue weighted by atomic mass is 9.75. The van der Waals surface area contributed by atoms with Gasteiger partial charge in [-0.2, -0.15) is 0 Å². The van der Waals surface area contributed by atoms with Gasteiger partial charge in [-0.15, -0.1) is 0 Å². The molecular formula is C21H38O4. The summed E-state index contributed by atoms with van der Waals surface area (Å²) >= 11 is 0. The van der Waals surface area contributed by atoms with Gasteiger partial charge in [0.2, 0.25) is 0 Å². The molecule has 0 radical (unpaired) electrons. The molecule has 1 aliphatic rings. The zero-order chi connectivity index (χ0) is 19.0. The lowest BCUT2D eigenvalue weighted by molar-refractivity contribution is -0.180. The quantitative estimate of drug-likeness (QED) is 0.419. The van der Waals surface area contributed by atoms with Crippen LogP contribution in [0.5, 0.6) is 0 Å². The van der Waals surface area contributed by atoms with Crippen LogP contribution in [0.3, 0.4) is 0 Å². The maximum atomic E-state index is 12.9. The van der Waals surface area contributed by atoms with Crippen molar-refractivity contribution >= 4 is 11.9 Å². The molecule has 146 valence electrons. The first-order valence-electron chi connectivity index (χ1n) is 10.2. The summed E-state index contributed by atoms with van der Waals surface area (Å²) in [6.45, 7) is 10.7. The second-order valence-electron chi connectivity index (χ2n) is 8.39. The second-order valence-corrected chi connectivity index (χ2v) is 8.39. The first-order chi connectivity index (χ1) is 11.7. The van der Waals surface area contributed by atoms with Crippen molar-refractivity contribution in [1.82, 2.24) is 0 Å². The Morgan fingerprint density at radius 3 is 2.16 bits per heavy atom. The largest absolute Gasteiger partial charge is 0.481 e. The van der Waals surface area contributed by atoms with Crippen LogP contribution in [-0.2, 0) is 14.3 Å². The van der Waals surface area contributed by atoms with Crippen LogP contribution in [0.15, 0.2) is 0 Å². The van der Waals surface area contributed by atoms with Crippen LogP contribution in [0, 0.1) is 23.7 Å². The molecule has 0 bridgehead atoms. The normalized spacial score (nSPS) is 21.6. The first-order valence-corrected chi connectivity index (χ1v) is 10.2. The number of carbonyl (C=O) groups is 2. The molecule has 1 N–H and O–H groups in total. The van der Waals surface area contributed by atoms with Crippen molar-refractivity contribution in [1.29, 1.82) is 0 Å². The fourth-order valence-corrected chi connectivity index (χ4v) is 4.26. The molecule has 0 aliphatic heterocycles. The number of aliphatic carboxylic acids is 1. The summed E-state index contributed by atoms with van der Waals surface area (Å²) in [6, 6.07) is 0. The van der Waals surface area contributed by atoms with Gasteiger partial charge in [-0.3, -0.25) is 9.59 Å². The van der Waals surface area contributed by atoms with Crippen molar-refractivity contribution in [3.63, 3.8) is 0 Å². The van der Waals surface area contributed by atoms with Gasteiger partial charge >= 0.3 is 11.9 Å². The average molecular weight is 355 g/mol. The number of unbranched alkanes of at least 4 members (excludes halogenated alkanes) is 3. The van der Waals surface area contributed by atoms with Gasteiger partial charge in [-0.25, -0.2) is 0 Å². The molecule has 0 aromatic carbocycles. The van der Waals surface area contributed by atoms with Gasteiger partial charge in [0.15, 0.2) is 0 Å². The summed E-state index contributed by atoms with van der Waals surface area (Å²) in [4.78, 5) is 24.1. The zero-order valence-corrected chi connectivity index (χ0v) is 16.8. The summed E-state index contributed by atoms with van der Waals surface area (Å²) in [5.41, 5.74) is -0.443. The SMILES string of the molecule is CCCCCCC(OC(=O)C1CCCC(C(=O)O)C1)(C(C)C)C(C)C. The number of rotatable bonds is 10. The van der Waals surface area contributed by atoms with Crippen molar-refractivity contribution in [2.75, 3.05) is 0 Å². The number of hydrogen-bond donors (Lipinski definition) is 1. The van der Waals surface area contributed by atoms with E-state index in [9.17, 15) is 14.7 Å². The van der Waals surface area contributed by atoms with Crippen molar-refractivity contribution < 1.29 is 19.4 Å². The molecule has 2 unspecified atom stereocenters. The highest BCUT2D eigenvalue weighted by Gasteiger charge is 2.43. The van der Waals surface area contributed by atoms with Crippen LogP contribution in [0.1, 0.15) is 92.4 Å². The van der Waals surface area contributed by atoms with Crippen LogP contribution in [0.4, 0.5) is 0 Å². The van der Waals surface area contributed by atoms with E-state index in [1.54, 1.807) is 0 Å². The maximum absolute atomic E-state index is 12.9. The van der Waals surface area contributed by atoms with E-state index in [4.69, 9.17) is 4.74 Å². The average Bonchev–Trinajstić information content (AvgIpc) is 2.57. The van der Waals surface area contributed by atoms with Crippen molar-refractivity contribution in [3.05, 3.63) is 0 Å². The molecule has 1 aliphatic carbocycles. The zero-order valence-electron chi connectivity index (χ0n) is 16.8. The molecule has 0 saturated heterocycles. The van der Waals surface area contributed by atoms with Crippen LogP contribution >= 0.6 is 0 Å².